The Hall–Kier alpha value is -2.74. The van der Waals surface area contributed by atoms with Crippen molar-refractivity contribution in [2.75, 3.05) is 13.7 Å². The third kappa shape index (κ3) is 4.63. The van der Waals surface area contributed by atoms with Crippen molar-refractivity contribution in [1.29, 1.82) is 0 Å². The maximum Gasteiger partial charge on any atom is 0.306 e. The summed E-state index contributed by atoms with van der Waals surface area (Å²) in [7, 11) is 1.54. The average molecular weight is 328 g/mol. The predicted octanol–water partition coefficient (Wildman–Crippen LogP) is 3.28. The lowest BCUT2D eigenvalue weighted by Crippen LogP contribution is -2.07. The van der Waals surface area contributed by atoms with Crippen molar-refractivity contribution >= 4 is 16.9 Å². The summed E-state index contributed by atoms with van der Waals surface area (Å²) in [6, 6.07) is 4.97. The Morgan fingerprint density at radius 2 is 2.12 bits per heavy atom. The molecule has 0 saturated carbocycles. The van der Waals surface area contributed by atoms with Crippen LogP contribution in [0.5, 0.6) is 5.75 Å². The SMILES string of the molecule is CCCCCC(=O)OCC#Cc1coc2cc(OC)ccc2c1=O. The van der Waals surface area contributed by atoms with Gasteiger partial charge in [0.2, 0.25) is 5.43 Å². The van der Waals surface area contributed by atoms with Crippen LogP contribution in [0.2, 0.25) is 0 Å². The van der Waals surface area contributed by atoms with Gasteiger partial charge in [0.15, 0.2) is 6.61 Å². The number of methoxy groups -OCH3 is 1. The highest BCUT2D eigenvalue weighted by Crippen LogP contribution is 2.18. The van der Waals surface area contributed by atoms with Gasteiger partial charge in [0, 0.05) is 12.5 Å². The molecule has 0 amide bonds. The fourth-order valence-corrected chi connectivity index (χ4v) is 2.16. The molecule has 0 unspecified atom stereocenters. The van der Waals surface area contributed by atoms with Crippen molar-refractivity contribution in [3.8, 4) is 17.6 Å². The van der Waals surface area contributed by atoms with Gasteiger partial charge in [0.1, 0.15) is 23.2 Å². The molecule has 0 aliphatic heterocycles. The number of benzene rings is 1. The standard InChI is InChI=1S/C19H20O5/c1-3-4-5-8-18(20)23-11-6-7-14-13-24-17-12-15(22-2)9-10-16(17)19(14)21/h9-10,12-13H,3-5,8,11H2,1-2H3. The summed E-state index contributed by atoms with van der Waals surface area (Å²) in [5.41, 5.74) is 0.447. The highest BCUT2D eigenvalue weighted by atomic mass is 16.5. The molecule has 5 nitrogen and oxygen atoms in total. The van der Waals surface area contributed by atoms with Crippen molar-refractivity contribution in [2.45, 2.75) is 32.6 Å². The summed E-state index contributed by atoms with van der Waals surface area (Å²) in [5.74, 6) is 5.71. The van der Waals surface area contributed by atoms with E-state index in [4.69, 9.17) is 13.9 Å². The second kappa shape index (κ2) is 8.78. The van der Waals surface area contributed by atoms with E-state index in [1.807, 2.05) is 0 Å². The van der Waals surface area contributed by atoms with Crippen LogP contribution in [0.4, 0.5) is 0 Å². The molecule has 0 atom stereocenters. The van der Waals surface area contributed by atoms with Crippen molar-refractivity contribution in [1.82, 2.24) is 0 Å². The van der Waals surface area contributed by atoms with Gasteiger partial charge < -0.3 is 13.9 Å². The van der Waals surface area contributed by atoms with E-state index in [1.165, 1.54) is 6.26 Å². The smallest absolute Gasteiger partial charge is 0.306 e. The fraction of sp³-hybridized carbons (Fsp3) is 0.368. The molecular weight excluding hydrogens is 308 g/mol. The van der Waals surface area contributed by atoms with Crippen LogP contribution in [0.1, 0.15) is 38.2 Å². The van der Waals surface area contributed by atoms with Crippen LogP contribution < -0.4 is 10.2 Å². The fourth-order valence-electron chi connectivity index (χ4n) is 2.16. The monoisotopic (exact) mass is 328 g/mol. The first-order valence-electron chi connectivity index (χ1n) is 7.89. The Morgan fingerprint density at radius 3 is 2.88 bits per heavy atom. The molecule has 0 aliphatic carbocycles. The van der Waals surface area contributed by atoms with Crippen LogP contribution in [0.25, 0.3) is 11.0 Å². The van der Waals surface area contributed by atoms with Crippen molar-refractivity contribution in [2.24, 2.45) is 0 Å². The summed E-state index contributed by atoms with van der Waals surface area (Å²) < 4.78 is 15.5. The van der Waals surface area contributed by atoms with Crippen molar-refractivity contribution < 1.29 is 18.7 Å². The topological polar surface area (TPSA) is 65.7 Å². The van der Waals surface area contributed by atoms with E-state index >= 15 is 0 Å². The molecule has 2 rings (SSSR count). The molecule has 0 fully saturated rings. The Labute approximate surface area is 140 Å². The highest BCUT2D eigenvalue weighted by molar-refractivity contribution is 5.79. The lowest BCUT2D eigenvalue weighted by Gasteiger charge is -2.01. The summed E-state index contributed by atoms with van der Waals surface area (Å²) in [6.45, 7) is 2.03. The van der Waals surface area contributed by atoms with Crippen LogP contribution >= 0.6 is 0 Å². The maximum absolute atomic E-state index is 12.3. The molecule has 5 heteroatoms. The first-order valence-corrected chi connectivity index (χ1v) is 7.89. The third-order valence-electron chi connectivity index (χ3n) is 3.49. The van der Waals surface area contributed by atoms with Gasteiger partial charge in [-0.05, 0) is 18.6 Å². The van der Waals surface area contributed by atoms with Crippen molar-refractivity contribution in [3.63, 3.8) is 0 Å². The first-order chi connectivity index (χ1) is 11.7. The quantitative estimate of drug-likeness (QED) is 0.462. The van der Waals surface area contributed by atoms with Crippen LogP contribution in [-0.4, -0.2) is 19.7 Å². The zero-order chi connectivity index (χ0) is 17.4. The average Bonchev–Trinajstić information content (AvgIpc) is 2.60. The van der Waals surface area contributed by atoms with Gasteiger partial charge in [-0.1, -0.05) is 31.6 Å². The molecule has 0 saturated heterocycles. The number of fused-ring (bicyclic) bond motifs is 1. The normalized spacial score (nSPS) is 10.1. The van der Waals surface area contributed by atoms with Gasteiger partial charge in [-0.25, -0.2) is 0 Å². The number of esters is 1. The molecule has 126 valence electrons. The van der Waals surface area contributed by atoms with E-state index in [0.29, 0.717) is 23.1 Å². The second-order valence-electron chi connectivity index (χ2n) is 5.26. The minimum atomic E-state index is -0.268. The lowest BCUT2D eigenvalue weighted by atomic mass is 10.1. The first kappa shape index (κ1) is 17.6. The number of ether oxygens (including phenoxy) is 2. The van der Waals surface area contributed by atoms with Gasteiger partial charge in [-0.3, -0.25) is 9.59 Å². The molecule has 2 aromatic rings. The molecule has 0 N–H and O–H groups in total. The predicted molar refractivity (Wildman–Crippen MR) is 91.0 cm³/mol. The molecule has 24 heavy (non-hydrogen) atoms. The zero-order valence-electron chi connectivity index (χ0n) is 13.9. The summed E-state index contributed by atoms with van der Waals surface area (Å²) in [4.78, 5) is 23.8. The number of carbonyl (C=O) groups is 1. The zero-order valence-corrected chi connectivity index (χ0v) is 13.9. The largest absolute Gasteiger partial charge is 0.497 e. The van der Waals surface area contributed by atoms with E-state index < -0.39 is 0 Å². The van der Waals surface area contributed by atoms with E-state index in [-0.39, 0.29) is 23.6 Å². The minimum Gasteiger partial charge on any atom is -0.497 e. The lowest BCUT2D eigenvalue weighted by molar-refractivity contribution is -0.142. The van der Waals surface area contributed by atoms with Gasteiger partial charge in [0.05, 0.1) is 12.5 Å². The summed E-state index contributed by atoms with van der Waals surface area (Å²) in [6.07, 6.45) is 4.58. The van der Waals surface area contributed by atoms with E-state index in [0.717, 1.165) is 19.3 Å². The minimum absolute atomic E-state index is 0.0367. The second-order valence-corrected chi connectivity index (χ2v) is 5.26. The summed E-state index contributed by atoms with van der Waals surface area (Å²) >= 11 is 0. The molecule has 0 spiro atoms. The van der Waals surface area contributed by atoms with Crippen LogP contribution in [0.15, 0.2) is 33.7 Å². The molecule has 1 aromatic heterocycles. The number of rotatable bonds is 6. The Kier molecular flexibility index (Phi) is 6.44. The van der Waals surface area contributed by atoms with E-state index in [2.05, 4.69) is 18.8 Å². The molecule has 0 aliphatic rings. The van der Waals surface area contributed by atoms with Crippen LogP contribution in [0, 0.1) is 11.8 Å². The van der Waals surface area contributed by atoms with Gasteiger partial charge in [-0.2, -0.15) is 0 Å². The molecule has 0 radical (unpaired) electrons. The van der Waals surface area contributed by atoms with Gasteiger partial charge in [0.25, 0.3) is 0 Å². The number of unbranched alkanes of at least 4 members (excludes halogenated alkanes) is 2. The van der Waals surface area contributed by atoms with Gasteiger partial charge in [-0.15, -0.1) is 0 Å². The highest BCUT2D eigenvalue weighted by Gasteiger charge is 2.06. The number of carbonyl (C=O) groups excluding carboxylic acids is 1. The third-order valence-corrected chi connectivity index (χ3v) is 3.49. The molecule has 0 bridgehead atoms. The Balaban J connectivity index is 2.02. The number of hydrogen-bond donors (Lipinski definition) is 0. The van der Waals surface area contributed by atoms with E-state index in [9.17, 15) is 9.59 Å². The van der Waals surface area contributed by atoms with Crippen LogP contribution in [0.3, 0.4) is 0 Å². The Morgan fingerprint density at radius 1 is 1.29 bits per heavy atom. The number of hydrogen-bond acceptors (Lipinski definition) is 5. The molecular formula is C19H20O5. The maximum atomic E-state index is 12.3. The summed E-state index contributed by atoms with van der Waals surface area (Å²) in [5, 5.41) is 0.430. The molecule has 1 heterocycles. The van der Waals surface area contributed by atoms with Crippen LogP contribution in [-0.2, 0) is 9.53 Å². The van der Waals surface area contributed by atoms with Gasteiger partial charge >= 0.3 is 5.97 Å². The van der Waals surface area contributed by atoms with E-state index in [1.54, 1.807) is 25.3 Å². The Bertz CT molecular complexity index is 823. The van der Waals surface area contributed by atoms with Crippen molar-refractivity contribution in [3.05, 3.63) is 40.2 Å². The molecule has 1 aromatic carbocycles.